The molecule has 0 fully saturated rings. The highest BCUT2D eigenvalue weighted by atomic mass is 16.4. The first-order chi connectivity index (χ1) is 14.2. The number of carboxylic acids is 1. The first kappa shape index (κ1) is 19.8. The van der Waals surface area contributed by atoms with Crippen molar-refractivity contribution in [1.82, 2.24) is 0 Å². The van der Waals surface area contributed by atoms with E-state index in [-0.39, 0.29) is 0 Å². The molecule has 2 heteroatoms. The van der Waals surface area contributed by atoms with Crippen molar-refractivity contribution in [3.8, 4) is 0 Å². The Morgan fingerprint density at radius 2 is 0.931 bits per heavy atom. The van der Waals surface area contributed by atoms with Crippen LogP contribution in [0.25, 0.3) is 0 Å². The average molecular weight is 378 g/mol. The minimum Gasteiger partial charge on any atom is -0.478 e. The lowest BCUT2D eigenvalue weighted by molar-refractivity contribution is -0.131. The Kier molecular flexibility index (Phi) is 6.75. The standard InChI is InChI=1S/C24H18.C3H4O2/c1-3-11-19-13-7-9-17-23(21(19)15-5-1)24-18-10-8-14-20-12-4-2-6-16-22(20)24;1-2-3(4)5/h1-18H;2H,1H2,(H,4,5). The molecule has 0 bridgehead atoms. The Hall–Kier alpha value is -3.91. The highest BCUT2D eigenvalue weighted by Gasteiger charge is 2.19. The zero-order valence-corrected chi connectivity index (χ0v) is 16.0. The fourth-order valence-electron chi connectivity index (χ4n) is 3.17. The van der Waals surface area contributed by atoms with Gasteiger partial charge in [0.2, 0.25) is 0 Å². The summed E-state index contributed by atoms with van der Waals surface area (Å²) in [6.07, 6.45) is 39.4. The molecule has 0 radical (unpaired) electrons. The van der Waals surface area contributed by atoms with Gasteiger partial charge in [-0.3, -0.25) is 0 Å². The van der Waals surface area contributed by atoms with E-state index in [1.807, 2.05) is 0 Å². The minimum absolute atomic E-state index is 0.833. The zero-order valence-electron chi connectivity index (χ0n) is 16.0. The molecule has 1 N–H and O–H groups in total. The van der Waals surface area contributed by atoms with E-state index < -0.39 is 5.97 Å². The molecule has 4 rings (SSSR count). The van der Waals surface area contributed by atoms with Crippen LogP contribution in [0.15, 0.2) is 155 Å². The summed E-state index contributed by atoms with van der Waals surface area (Å²) >= 11 is 0. The topological polar surface area (TPSA) is 37.3 Å². The summed E-state index contributed by atoms with van der Waals surface area (Å²) in [6, 6.07) is 0. The fraction of sp³-hybridized carbons (Fsp3) is 0. The van der Waals surface area contributed by atoms with Crippen LogP contribution in [0.5, 0.6) is 0 Å². The summed E-state index contributed by atoms with van der Waals surface area (Å²) in [5, 5.41) is 7.60. The molecular formula is C27H22O2. The second-order valence-electron chi connectivity index (χ2n) is 6.37. The molecule has 0 saturated carbocycles. The molecule has 0 unspecified atom stereocenters. The van der Waals surface area contributed by atoms with Gasteiger partial charge in [0, 0.05) is 6.08 Å². The maximum atomic E-state index is 9.25. The maximum Gasteiger partial charge on any atom is 0.327 e. The number of hydrogen-bond acceptors (Lipinski definition) is 1. The van der Waals surface area contributed by atoms with Crippen molar-refractivity contribution in [2.24, 2.45) is 0 Å². The number of allylic oxidation sites excluding steroid dienone is 24. The number of fused-ring (bicyclic) bond motifs is 2. The molecule has 29 heavy (non-hydrogen) atoms. The zero-order chi connectivity index (χ0) is 20.5. The molecule has 2 nitrogen and oxygen atoms in total. The Bertz CT molecular complexity index is 988. The number of hydrogen-bond donors (Lipinski definition) is 1. The van der Waals surface area contributed by atoms with Crippen LogP contribution in [0, 0.1) is 0 Å². The predicted octanol–water partition coefficient (Wildman–Crippen LogP) is 6.19. The Morgan fingerprint density at radius 1 is 0.586 bits per heavy atom. The number of carbonyl (C=O) groups is 1. The molecular weight excluding hydrogens is 356 g/mol. The third kappa shape index (κ3) is 5.08. The van der Waals surface area contributed by atoms with Crippen molar-refractivity contribution >= 4 is 5.97 Å². The van der Waals surface area contributed by atoms with E-state index in [2.05, 4.69) is 116 Å². The lowest BCUT2D eigenvalue weighted by atomic mass is 9.85. The van der Waals surface area contributed by atoms with Gasteiger partial charge < -0.3 is 5.11 Å². The average Bonchev–Trinajstić information content (AvgIpc) is 3.22. The van der Waals surface area contributed by atoms with Crippen molar-refractivity contribution in [3.05, 3.63) is 155 Å². The molecule has 0 aliphatic heterocycles. The van der Waals surface area contributed by atoms with E-state index in [0.717, 1.165) is 6.08 Å². The van der Waals surface area contributed by atoms with Gasteiger partial charge in [-0.15, -0.1) is 0 Å². The second kappa shape index (κ2) is 9.86. The van der Waals surface area contributed by atoms with Crippen molar-refractivity contribution in [2.45, 2.75) is 0 Å². The van der Waals surface area contributed by atoms with Gasteiger partial charge >= 0.3 is 5.97 Å². The summed E-state index contributed by atoms with van der Waals surface area (Å²) in [4.78, 5) is 9.25. The van der Waals surface area contributed by atoms with Crippen LogP contribution < -0.4 is 0 Å². The van der Waals surface area contributed by atoms with Crippen LogP contribution in [0.3, 0.4) is 0 Å². The van der Waals surface area contributed by atoms with Crippen LogP contribution in [0.2, 0.25) is 0 Å². The van der Waals surface area contributed by atoms with Crippen LogP contribution in [-0.4, -0.2) is 11.1 Å². The summed E-state index contributed by atoms with van der Waals surface area (Å²) in [7, 11) is 0. The smallest absolute Gasteiger partial charge is 0.327 e. The van der Waals surface area contributed by atoms with Crippen molar-refractivity contribution < 1.29 is 9.90 Å². The van der Waals surface area contributed by atoms with Gasteiger partial charge in [0.15, 0.2) is 0 Å². The number of aliphatic carboxylic acids is 1. The van der Waals surface area contributed by atoms with E-state index in [0.29, 0.717) is 0 Å². The maximum absolute atomic E-state index is 9.25. The lowest BCUT2D eigenvalue weighted by Gasteiger charge is -2.18. The molecule has 0 aromatic rings. The van der Waals surface area contributed by atoms with E-state index in [1.54, 1.807) is 0 Å². The molecule has 4 aliphatic rings. The highest BCUT2D eigenvalue weighted by Crippen LogP contribution is 2.37. The molecule has 0 heterocycles. The largest absolute Gasteiger partial charge is 0.478 e. The molecule has 0 amide bonds. The van der Waals surface area contributed by atoms with Crippen molar-refractivity contribution in [2.75, 3.05) is 0 Å². The molecule has 0 atom stereocenters. The Labute approximate surface area is 171 Å². The summed E-state index contributed by atoms with van der Waals surface area (Å²) in [5.41, 5.74) is 7.48. The second-order valence-corrected chi connectivity index (χ2v) is 6.37. The first-order valence-corrected chi connectivity index (χ1v) is 9.35. The van der Waals surface area contributed by atoms with Gasteiger partial charge in [-0.25, -0.2) is 4.79 Å². The summed E-state index contributed by atoms with van der Waals surface area (Å²) in [6.45, 7) is 2.96. The third-order valence-corrected chi connectivity index (χ3v) is 4.49. The van der Waals surface area contributed by atoms with Gasteiger partial charge in [-0.05, 0) is 33.4 Å². The Balaban J connectivity index is 0.000000431. The minimum atomic E-state index is -0.981. The first-order valence-electron chi connectivity index (χ1n) is 9.35. The van der Waals surface area contributed by atoms with Gasteiger partial charge in [0.25, 0.3) is 0 Å². The van der Waals surface area contributed by atoms with E-state index in [1.165, 1.54) is 33.4 Å². The van der Waals surface area contributed by atoms with Gasteiger partial charge in [0.05, 0.1) is 0 Å². The fourth-order valence-corrected chi connectivity index (χ4v) is 3.17. The summed E-state index contributed by atoms with van der Waals surface area (Å²) < 4.78 is 0. The van der Waals surface area contributed by atoms with Crippen LogP contribution in [0.1, 0.15) is 0 Å². The lowest BCUT2D eigenvalue weighted by Crippen LogP contribution is -2.00. The van der Waals surface area contributed by atoms with Crippen molar-refractivity contribution in [1.29, 1.82) is 0 Å². The molecule has 4 aliphatic carbocycles. The van der Waals surface area contributed by atoms with Crippen LogP contribution in [-0.2, 0) is 4.79 Å². The Morgan fingerprint density at radius 3 is 1.34 bits per heavy atom. The quantitative estimate of drug-likeness (QED) is 0.582. The normalized spacial score (nSPS) is 18.5. The van der Waals surface area contributed by atoms with Crippen LogP contribution >= 0.6 is 0 Å². The van der Waals surface area contributed by atoms with Crippen LogP contribution in [0.4, 0.5) is 0 Å². The SMILES string of the molecule is C1=CC=C2C(=CC=CC=C2C2=CC=CC=C3C=CC=CC=C32)C=C1.C=CC(=O)O. The highest BCUT2D eigenvalue weighted by molar-refractivity contribution is 5.78. The van der Waals surface area contributed by atoms with Gasteiger partial charge in [-0.2, -0.15) is 0 Å². The molecule has 0 spiro atoms. The number of carboxylic acid groups (broad SMARTS) is 1. The summed E-state index contributed by atoms with van der Waals surface area (Å²) in [5.74, 6) is -0.981. The van der Waals surface area contributed by atoms with Gasteiger partial charge in [0.1, 0.15) is 0 Å². The monoisotopic (exact) mass is 378 g/mol. The van der Waals surface area contributed by atoms with Gasteiger partial charge in [-0.1, -0.05) is 116 Å². The van der Waals surface area contributed by atoms with E-state index in [9.17, 15) is 4.79 Å². The molecule has 0 aromatic heterocycles. The molecule has 0 aromatic carbocycles. The van der Waals surface area contributed by atoms with E-state index in [4.69, 9.17) is 5.11 Å². The van der Waals surface area contributed by atoms with Crippen molar-refractivity contribution in [3.63, 3.8) is 0 Å². The molecule has 0 saturated heterocycles. The molecule has 142 valence electrons. The third-order valence-electron chi connectivity index (χ3n) is 4.49. The predicted molar refractivity (Wildman–Crippen MR) is 121 cm³/mol. The van der Waals surface area contributed by atoms with E-state index >= 15 is 0 Å². The number of rotatable bonds is 2.